The van der Waals surface area contributed by atoms with E-state index in [4.69, 9.17) is 16.3 Å². The predicted octanol–water partition coefficient (Wildman–Crippen LogP) is 4.44. The molecule has 1 aromatic heterocycles. The minimum absolute atomic E-state index is 0.0888. The molecule has 0 aliphatic carbocycles. The average molecular weight is 488 g/mol. The Morgan fingerprint density at radius 3 is 2.41 bits per heavy atom. The first kappa shape index (κ1) is 22.1. The van der Waals surface area contributed by atoms with E-state index in [1.165, 1.54) is 59.9 Å². The van der Waals surface area contributed by atoms with Gasteiger partial charge in [0.1, 0.15) is 5.75 Å². The van der Waals surface area contributed by atoms with Gasteiger partial charge in [0.15, 0.2) is 4.80 Å². The van der Waals surface area contributed by atoms with Crippen LogP contribution >= 0.6 is 22.9 Å². The number of carbonyl (C=O) groups is 1. The molecular weight excluding hydrogens is 470 g/mol. The third kappa shape index (κ3) is 4.55. The lowest BCUT2D eigenvalue weighted by Crippen LogP contribution is -2.14. The van der Waals surface area contributed by atoms with Gasteiger partial charge in [-0.15, -0.1) is 0 Å². The van der Waals surface area contributed by atoms with Crippen LogP contribution in [0.5, 0.6) is 5.75 Å². The maximum absolute atomic E-state index is 12.7. The summed E-state index contributed by atoms with van der Waals surface area (Å²) in [5, 5.41) is 0.446. The van der Waals surface area contributed by atoms with Crippen molar-refractivity contribution in [3.05, 3.63) is 82.1 Å². The van der Waals surface area contributed by atoms with Gasteiger partial charge in [0.25, 0.3) is 15.9 Å². The molecule has 0 bridgehead atoms. The molecule has 4 aromatic rings. The number of aromatic nitrogens is 1. The summed E-state index contributed by atoms with van der Waals surface area (Å²) in [6.45, 7) is 0. The maximum atomic E-state index is 12.7. The molecule has 32 heavy (non-hydrogen) atoms. The van der Waals surface area contributed by atoms with Crippen LogP contribution < -0.4 is 14.3 Å². The first-order valence-electron chi connectivity index (χ1n) is 9.38. The van der Waals surface area contributed by atoms with E-state index in [2.05, 4.69) is 9.71 Å². The molecule has 0 aliphatic rings. The predicted molar refractivity (Wildman–Crippen MR) is 126 cm³/mol. The maximum Gasteiger partial charge on any atom is 0.279 e. The molecule has 0 atom stereocenters. The van der Waals surface area contributed by atoms with Crippen molar-refractivity contribution in [2.75, 3.05) is 11.8 Å². The van der Waals surface area contributed by atoms with E-state index in [-0.39, 0.29) is 4.90 Å². The molecule has 1 heterocycles. The SMILES string of the molecule is COc1ccc2c(c1)sc(=NC(=O)c1ccc(NS(=O)(=O)c3ccc(Cl)cc3)cc1)n2C. The van der Waals surface area contributed by atoms with Crippen LogP contribution in [0.2, 0.25) is 5.02 Å². The fourth-order valence-corrected chi connectivity index (χ4v) is 5.24. The summed E-state index contributed by atoms with van der Waals surface area (Å²) in [5.74, 6) is 0.306. The van der Waals surface area contributed by atoms with Crippen molar-refractivity contribution in [3.63, 3.8) is 0 Å². The zero-order chi connectivity index (χ0) is 22.9. The number of benzene rings is 3. The quantitative estimate of drug-likeness (QED) is 0.450. The third-order valence-electron chi connectivity index (χ3n) is 4.72. The minimum atomic E-state index is -3.77. The van der Waals surface area contributed by atoms with Gasteiger partial charge in [0.2, 0.25) is 0 Å². The van der Waals surface area contributed by atoms with Crippen LogP contribution in [0.4, 0.5) is 5.69 Å². The molecule has 0 saturated heterocycles. The van der Waals surface area contributed by atoms with Crippen LogP contribution in [-0.4, -0.2) is 26.0 Å². The molecule has 4 rings (SSSR count). The number of carbonyl (C=O) groups excluding carboxylic acids is 1. The van der Waals surface area contributed by atoms with E-state index in [9.17, 15) is 13.2 Å². The van der Waals surface area contributed by atoms with Gasteiger partial charge in [-0.25, -0.2) is 8.42 Å². The van der Waals surface area contributed by atoms with Gasteiger partial charge in [0.05, 0.1) is 22.2 Å². The highest BCUT2D eigenvalue weighted by atomic mass is 35.5. The Hall–Kier alpha value is -3.14. The molecular formula is C22H18ClN3O4S2. The smallest absolute Gasteiger partial charge is 0.279 e. The fourth-order valence-electron chi connectivity index (χ4n) is 3.01. The van der Waals surface area contributed by atoms with Gasteiger partial charge >= 0.3 is 0 Å². The second kappa shape index (κ2) is 8.78. The number of hydrogen-bond acceptors (Lipinski definition) is 5. The standard InChI is InChI=1S/C22H18ClN3O4S2/c1-26-19-12-9-17(30-2)13-20(19)31-22(26)24-21(27)14-3-7-16(8-4-14)25-32(28,29)18-10-5-15(23)6-11-18/h3-13,25H,1-2H3. The molecule has 0 saturated carbocycles. The van der Waals surface area contributed by atoms with Crippen molar-refractivity contribution < 1.29 is 17.9 Å². The zero-order valence-corrected chi connectivity index (χ0v) is 19.5. The number of hydrogen-bond donors (Lipinski definition) is 1. The van der Waals surface area contributed by atoms with Crippen molar-refractivity contribution in [2.45, 2.75) is 4.90 Å². The molecule has 164 valence electrons. The van der Waals surface area contributed by atoms with Crippen molar-refractivity contribution in [1.82, 2.24) is 4.57 Å². The Morgan fingerprint density at radius 1 is 1.06 bits per heavy atom. The molecule has 0 radical (unpaired) electrons. The van der Waals surface area contributed by atoms with Crippen LogP contribution in [-0.2, 0) is 17.1 Å². The number of aryl methyl sites for hydroxylation is 1. The first-order chi connectivity index (χ1) is 15.3. The molecule has 7 nitrogen and oxygen atoms in total. The van der Waals surface area contributed by atoms with Crippen LogP contribution in [0.1, 0.15) is 10.4 Å². The number of nitrogens with zero attached hydrogens (tertiary/aromatic N) is 2. The number of halogens is 1. The number of nitrogens with one attached hydrogen (secondary N) is 1. The van der Waals surface area contributed by atoms with Crippen molar-refractivity contribution in [3.8, 4) is 5.75 Å². The summed E-state index contributed by atoms with van der Waals surface area (Å²) in [6.07, 6.45) is 0. The first-order valence-corrected chi connectivity index (χ1v) is 12.1. The van der Waals surface area contributed by atoms with Gasteiger partial charge in [-0.1, -0.05) is 22.9 Å². The van der Waals surface area contributed by atoms with Crippen LogP contribution in [0.3, 0.4) is 0 Å². The second-order valence-corrected chi connectivity index (χ2v) is 9.96. The van der Waals surface area contributed by atoms with Gasteiger partial charge in [-0.05, 0) is 66.7 Å². The topological polar surface area (TPSA) is 89.8 Å². The summed E-state index contributed by atoms with van der Waals surface area (Å²) in [7, 11) is -0.328. The van der Waals surface area contributed by atoms with Gasteiger partial charge in [-0.2, -0.15) is 4.99 Å². The number of amides is 1. The summed E-state index contributed by atoms with van der Waals surface area (Å²) in [5.41, 5.74) is 1.61. The average Bonchev–Trinajstić information content (AvgIpc) is 3.08. The number of thiazole rings is 1. The highest BCUT2D eigenvalue weighted by molar-refractivity contribution is 7.92. The van der Waals surface area contributed by atoms with Crippen LogP contribution in [0, 0.1) is 0 Å². The van der Waals surface area contributed by atoms with E-state index in [1.807, 2.05) is 29.8 Å². The Labute approximate surface area is 193 Å². The number of ether oxygens (including phenoxy) is 1. The molecule has 10 heteroatoms. The highest BCUT2D eigenvalue weighted by Gasteiger charge is 2.14. The Bertz CT molecular complexity index is 1470. The summed E-state index contributed by atoms with van der Waals surface area (Å²) >= 11 is 7.19. The normalized spacial score (nSPS) is 12.2. The molecule has 3 aromatic carbocycles. The van der Waals surface area contributed by atoms with Gasteiger partial charge in [-0.3, -0.25) is 9.52 Å². The van der Waals surface area contributed by atoms with Gasteiger partial charge in [0, 0.05) is 23.3 Å². The Kier molecular flexibility index (Phi) is 6.05. The van der Waals surface area contributed by atoms with Gasteiger partial charge < -0.3 is 9.30 Å². The number of rotatable bonds is 5. The molecule has 0 spiro atoms. The Balaban J connectivity index is 1.56. The van der Waals surface area contributed by atoms with E-state index < -0.39 is 15.9 Å². The summed E-state index contributed by atoms with van der Waals surface area (Å²) in [6, 6.07) is 17.6. The summed E-state index contributed by atoms with van der Waals surface area (Å²) in [4.78, 5) is 17.5. The van der Waals surface area contributed by atoms with Crippen LogP contribution in [0.15, 0.2) is 76.6 Å². The zero-order valence-electron chi connectivity index (χ0n) is 17.1. The lowest BCUT2D eigenvalue weighted by atomic mass is 10.2. The van der Waals surface area contributed by atoms with Crippen LogP contribution in [0.25, 0.3) is 10.2 Å². The molecule has 0 fully saturated rings. The molecule has 0 aliphatic heterocycles. The lowest BCUT2D eigenvalue weighted by Gasteiger charge is -2.08. The van der Waals surface area contributed by atoms with Crippen molar-refractivity contribution in [2.24, 2.45) is 12.0 Å². The number of methoxy groups -OCH3 is 1. The number of sulfonamides is 1. The second-order valence-electron chi connectivity index (χ2n) is 6.83. The number of anilines is 1. The molecule has 1 amide bonds. The van der Waals surface area contributed by atoms with Crippen molar-refractivity contribution >= 4 is 54.8 Å². The number of fused-ring (bicyclic) bond motifs is 1. The molecule has 0 unspecified atom stereocenters. The van der Waals surface area contributed by atoms with E-state index in [1.54, 1.807) is 7.11 Å². The van der Waals surface area contributed by atoms with Crippen molar-refractivity contribution in [1.29, 1.82) is 0 Å². The monoisotopic (exact) mass is 487 g/mol. The Morgan fingerprint density at radius 2 is 1.75 bits per heavy atom. The van der Waals surface area contributed by atoms with E-state index in [0.717, 1.165) is 16.0 Å². The minimum Gasteiger partial charge on any atom is -0.497 e. The third-order valence-corrected chi connectivity index (χ3v) is 7.47. The largest absolute Gasteiger partial charge is 0.497 e. The van der Waals surface area contributed by atoms with E-state index in [0.29, 0.717) is 21.1 Å². The highest BCUT2D eigenvalue weighted by Crippen LogP contribution is 2.23. The summed E-state index contributed by atoms with van der Waals surface area (Å²) < 4.78 is 35.5. The fraction of sp³-hybridized carbons (Fsp3) is 0.0909. The van der Waals surface area contributed by atoms with E-state index >= 15 is 0 Å². The lowest BCUT2D eigenvalue weighted by molar-refractivity contribution is 0.0998. The molecule has 1 N–H and O–H groups in total.